The van der Waals surface area contributed by atoms with Crippen molar-refractivity contribution in [3.05, 3.63) is 29.8 Å². The smallest absolute Gasteiger partial charge is 0.254 e. The van der Waals surface area contributed by atoms with Gasteiger partial charge in [-0.2, -0.15) is 0 Å². The number of hydrogen-bond acceptors (Lipinski definition) is 4. The van der Waals surface area contributed by atoms with Crippen molar-refractivity contribution in [1.29, 1.82) is 0 Å². The molecule has 1 atom stereocenters. The van der Waals surface area contributed by atoms with Gasteiger partial charge >= 0.3 is 0 Å². The second-order valence-electron chi connectivity index (χ2n) is 7.07. The molecule has 1 aromatic rings. The number of carbonyl (C=O) groups is 3. The van der Waals surface area contributed by atoms with Crippen molar-refractivity contribution in [2.75, 3.05) is 44.7 Å². The second kappa shape index (κ2) is 8.99. The lowest BCUT2D eigenvalue weighted by Crippen LogP contribution is -2.40. The monoisotopic (exact) mass is 373 g/mol. The third-order valence-corrected chi connectivity index (χ3v) is 5.06. The summed E-state index contributed by atoms with van der Waals surface area (Å²) in [5, 5.41) is 2.86. The van der Waals surface area contributed by atoms with E-state index < -0.39 is 0 Å². The third kappa shape index (κ3) is 4.86. The summed E-state index contributed by atoms with van der Waals surface area (Å²) in [6.07, 6.45) is 2.25. The number of unbranched alkanes of at least 4 members (excludes halogenated alkanes) is 1. The molecular weight excluding hydrogens is 346 g/mol. The van der Waals surface area contributed by atoms with Gasteiger partial charge in [-0.15, -0.1) is 0 Å². The molecule has 0 aliphatic carbocycles. The van der Waals surface area contributed by atoms with Crippen LogP contribution in [0.1, 0.15) is 36.5 Å². The zero-order valence-electron chi connectivity index (χ0n) is 15.8. The first kappa shape index (κ1) is 19.4. The number of carbonyl (C=O) groups excluding carboxylic acids is 3. The summed E-state index contributed by atoms with van der Waals surface area (Å²) in [5.41, 5.74) is 1.23. The van der Waals surface area contributed by atoms with Gasteiger partial charge < -0.3 is 19.9 Å². The lowest BCUT2D eigenvalue weighted by molar-refractivity contribution is -0.128. The van der Waals surface area contributed by atoms with Crippen LogP contribution < -0.4 is 5.32 Å². The van der Waals surface area contributed by atoms with Crippen LogP contribution >= 0.6 is 0 Å². The van der Waals surface area contributed by atoms with E-state index in [-0.39, 0.29) is 30.1 Å². The molecule has 0 bridgehead atoms. The van der Waals surface area contributed by atoms with Crippen molar-refractivity contribution >= 4 is 23.4 Å². The minimum absolute atomic E-state index is 0.0240. The number of rotatable bonds is 6. The van der Waals surface area contributed by atoms with Crippen LogP contribution in [0.15, 0.2) is 24.3 Å². The number of anilines is 1. The fraction of sp³-hybridized carbons (Fsp3) is 0.550. The minimum Gasteiger partial charge on any atom is -0.378 e. The molecule has 2 heterocycles. The van der Waals surface area contributed by atoms with Gasteiger partial charge in [0.2, 0.25) is 11.8 Å². The first-order valence-electron chi connectivity index (χ1n) is 9.64. The summed E-state index contributed by atoms with van der Waals surface area (Å²) >= 11 is 0. The molecule has 2 saturated heterocycles. The Labute approximate surface area is 159 Å². The number of nitrogens with zero attached hydrogens (tertiary/aromatic N) is 2. The highest BCUT2D eigenvalue weighted by atomic mass is 16.5. The van der Waals surface area contributed by atoms with Gasteiger partial charge in [0.25, 0.3) is 5.91 Å². The molecule has 7 heteroatoms. The van der Waals surface area contributed by atoms with Gasteiger partial charge in [0, 0.05) is 43.9 Å². The van der Waals surface area contributed by atoms with Crippen molar-refractivity contribution in [2.24, 2.45) is 5.92 Å². The fourth-order valence-electron chi connectivity index (χ4n) is 3.40. The van der Waals surface area contributed by atoms with Gasteiger partial charge in [-0.25, -0.2) is 0 Å². The van der Waals surface area contributed by atoms with Crippen molar-refractivity contribution in [3.8, 4) is 0 Å². The lowest BCUT2D eigenvalue weighted by Gasteiger charge is -2.26. The maximum absolute atomic E-state index is 12.5. The Morgan fingerprint density at radius 3 is 2.56 bits per heavy atom. The molecule has 7 nitrogen and oxygen atoms in total. The molecule has 27 heavy (non-hydrogen) atoms. The molecule has 0 spiro atoms. The minimum atomic E-state index is -0.316. The van der Waals surface area contributed by atoms with Gasteiger partial charge in [-0.3, -0.25) is 14.4 Å². The molecule has 3 amide bonds. The second-order valence-corrected chi connectivity index (χ2v) is 7.07. The molecule has 2 aliphatic heterocycles. The summed E-state index contributed by atoms with van der Waals surface area (Å²) in [6, 6.07) is 6.91. The highest BCUT2D eigenvalue weighted by molar-refractivity contribution is 5.98. The van der Waals surface area contributed by atoms with Crippen LogP contribution in [0.2, 0.25) is 0 Å². The fourth-order valence-corrected chi connectivity index (χ4v) is 3.40. The van der Waals surface area contributed by atoms with Crippen LogP contribution in [0.5, 0.6) is 0 Å². The first-order valence-corrected chi connectivity index (χ1v) is 9.64. The van der Waals surface area contributed by atoms with E-state index in [9.17, 15) is 14.4 Å². The number of amides is 3. The SMILES string of the molecule is CCCCN1CC(C(=O)Nc2ccc(C(=O)N3CCOCC3)cc2)CC1=O. The predicted octanol–water partition coefficient (Wildman–Crippen LogP) is 1.75. The number of ether oxygens (including phenoxy) is 1. The number of benzene rings is 1. The Balaban J connectivity index is 1.54. The Bertz CT molecular complexity index is 683. The van der Waals surface area contributed by atoms with E-state index in [4.69, 9.17) is 4.74 Å². The molecule has 1 N–H and O–H groups in total. The first-order chi connectivity index (χ1) is 13.1. The largest absolute Gasteiger partial charge is 0.378 e. The molecular formula is C20H27N3O4. The average molecular weight is 373 g/mol. The Morgan fingerprint density at radius 1 is 1.19 bits per heavy atom. The van der Waals surface area contributed by atoms with E-state index >= 15 is 0 Å². The summed E-state index contributed by atoms with van der Waals surface area (Å²) in [7, 11) is 0. The van der Waals surface area contributed by atoms with Gasteiger partial charge in [0.1, 0.15) is 0 Å². The Hall–Kier alpha value is -2.41. The molecule has 2 aliphatic rings. The van der Waals surface area contributed by atoms with Crippen molar-refractivity contribution < 1.29 is 19.1 Å². The van der Waals surface area contributed by atoms with E-state index in [2.05, 4.69) is 12.2 Å². The summed E-state index contributed by atoms with van der Waals surface area (Å²) < 4.78 is 5.27. The van der Waals surface area contributed by atoms with E-state index in [0.717, 1.165) is 19.4 Å². The van der Waals surface area contributed by atoms with Crippen LogP contribution in [0.4, 0.5) is 5.69 Å². The van der Waals surface area contributed by atoms with Crippen molar-refractivity contribution in [3.63, 3.8) is 0 Å². The van der Waals surface area contributed by atoms with E-state index in [0.29, 0.717) is 44.1 Å². The number of likely N-dealkylation sites (tertiary alicyclic amines) is 1. The maximum Gasteiger partial charge on any atom is 0.254 e. The summed E-state index contributed by atoms with van der Waals surface area (Å²) in [5.74, 6) is -0.433. The van der Waals surface area contributed by atoms with Gasteiger partial charge in [0.15, 0.2) is 0 Å². The zero-order valence-corrected chi connectivity index (χ0v) is 15.8. The highest BCUT2D eigenvalue weighted by Crippen LogP contribution is 2.21. The standard InChI is InChI=1S/C20H27N3O4/c1-2-3-8-23-14-16(13-18(23)24)19(25)21-17-6-4-15(5-7-17)20(26)22-9-11-27-12-10-22/h4-7,16H,2-3,8-14H2,1H3,(H,21,25). The third-order valence-electron chi connectivity index (χ3n) is 5.06. The molecule has 3 rings (SSSR count). The maximum atomic E-state index is 12.5. The number of morpholine rings is 1. The van der Waals surface area contributed by atoms with E-state index in [1.165, 1.54) is 0 Å². The van der Waals surface area contributed by atoms with E-state index in [1.807, 2.05) is 0 Å². The number of hydrogen-bond donors (Lipinski definition) is 1. The van der Waals surface area contributed by atoms with E-state index in [1.54, 1.807) is 34.1 Å². The lowest BCUT2D eigenvalue weighted by atomic mass is 10.1. The molecule has 1 aromatic carbocycles. The van der Waals surface area contributed by atoms with Crippen LogP contribution in [-0.2, 0) is 14.3 Å². The van der Waals surface area contributed by atoms with Crippen LogP contribution in [-0.4, -0.2) is 66.9 Å². The average Bonchev–Trinajstić information content (AvgIpc) is 3.08. The van der Waals surface area contributed by atoms with Gasteiger partial charge in [0.05, 0.1) is 19.1 Å². The summed E-state index contributed by atoms with van der Waals surface area (Å²) in [6.45, 7) is 5.61. The molecule has 0 radical (unpaired) electrons. The number of nitrogens with one attached hydrogen (secondary N) is 1. The van der Waals surface area contributed by atoms with Crippen LogP contribution in [0.3, 0.4) is 0 Å². The highest BCUT2D eigenvalue weighted by Gasteiger charge is 2.33. The van der Waals surface area contributed by atoms with Crippen molar-refractivity contribution in [1.82, 2.24) is 9.80 Å². The van der Waals surface area contributed by atoms with Crippen molar-refractivity contribution in [2.45, 2.75) is 26.2 Å². The Kier molecular flexibility index (Phi) is 6.45. The topological polar surface area (TPSA) is 79.0 Å². The van der Waals surface area contributed by atoms with Gasteiger partial charge in [-0.1, -0.05) is 13.3 Å². The molecule has 146 valence electrons. The molecule has 0 saturated carbocycles. The van der Waals surface area contributed by atoms with Gasteiger partial charge in [-0.05, 0) is 30.7 Å². The molecule has 1 unspecified atom stereocenters. The normalized spacial score (nSPS) is 20.0. The predicted molar refractivity (Wildman–Crippen MR) is 101 cm³/mol. The van der Waals surface area contributed by atoms with Crippen LogP contribution in [0.25, 0.3) is 0 Å². The quantitative estimate of drug-likeness (QED) is 0.824. The Morgan fingerprint density at radius 2 is 1.89 bits per heavy atom. The van der Waals surface area contributed by atoms with Crippen LogP contribution in [0, 0.1) is 5.92 Å². The summed E-state index contributed by atoms with van der Waals surface area (Å²) in [4.78, 5) is 40.5. The zero-order chi connectivity index (χ0) is 19.2. The molecule has 2 fully saturated rings. The molecule has 0 aromatic heterocycles.